The Labute approximate surface area is 146 Å². The molecule has 0 heteroatoms. The van der Waals surface area contributed by atoms with E-state index in [4.69, 9.17) is 0 Å². The lowest BCUT2D eigenvalue weighted by atomic mass is 9.75. The number of unbranched alkanes of at least 4 members (excludes halogenated alkanes) is 2. The van der Waals surface area contributed by atoms with Crippen LogP contribution < -0.4 is 0 Å². The van der Waals surface area contributed by atoms with Gasteiger partial charge in [-0.1, -0.05) is 96.6 Å². The molecule has 0 heterocycles. The molecule has 23 heavy (non-hydrogen) atoms. The molecule has 2 fully saturated rings. The number of hydrogen-bond donors (Lipinski definition) is 0. The molecule has 2 aliphatic rings. The van der Waals surface area contributed by atoms with Gasteiger partial charge in [-0.25, -0.2) is 0 Å². The number of rotatable bonds is 9. The molecular formula is C23H42. The second kappa shape index (κ2) is 11.3. The summed E-state index contributed by atoms with van der Waals surface area (Å²) in [4.78, 5) is 0. The summed E-state index contributed by atoms with van der Waals surface area (Å²) in [6, 6.07) is 0. The van der Waals surface area contributed by atoms with Gasteiger partial charge < -0.3 is 0 Å². The van der Waals surface area contributed by atoms with Crippen LogP contribution in [-0.2, 0) is 0 Å². The van der Waals surface area contributed by atoms with Crippen molar-refractivity contribution in [3.05, 3.63) is 12.2 Å². The van der Waals surface area contributed by atoms with Crippen molar-refractivity contribution < 1.29 is 0 Å². The van der Waals surface area contributed by atoms with Crippen LogP contribution in [0.15, 0.2) is 12.2 Å². The van der Waals surface area contributed by atoms with E-state index in [9.17, 15) is 0 Å². The Bertz CT molecular complexity index is 308. The van der Waals surface area contributed by atoms with E-state index in [1.807, 2.05) is 0 Å². The summed E-state index contributed by atoms with van der Waals surface area (Å²) in [5, 5.41) is 0. The van der Waals surface area contributed by atoms with Crippen LogP contribution in [0, 0.1) is 23.7 Å². The van der Waals surface area contributed by atoms with Crippen molar-refractivity contribution in [1.82, 2.24) is 0 Å². The Balaban J connectivity index is 1.60. The molecule has 2 rings (SSSR count). The molecule has 0 spiro atoms. The first-order valence-electron chi connectivity index (χ1n) is 11.0. The molecule has 2 saturated carbocycles. The molecule has 0 aromatic rings. The Kier molecular flexibility index (Phi) is 9.39. The van der Waals surface area contributed by atoms with Crippen molar-refractivity contribution in [3.8, 4) is 0 Å². The van der Waals surface area contributed by atoms with Crippen LogP contribution in [0.2, 0.25) is 0 Å². The Morgan fingerprint density at radius 3 is 2.22 bits per heavy atom. The van der Waals surface area contributed by atoms with E-state index in [2.05, 4.69) is 26.0 Å². The molecule has 2 aliphatic carbocycles. The lowest BCUT2D eigenvalue weighted by molar-refractivity contribution is 0.239. The summed E-state index contributed by atoms with van der Waals surface area (Å²) in [5.41, 5.74) is 0. The van der Waals surface area contributed by atoms with Gasteiger partial charge in [0.25, 0.3) is 0 Å². The summed E-state index contributed by atoms with van der Waals surface area (Å²) in [7, 11) is 0. The van der Waals surface area contributed by atoms with Crippen LogP contribution in [0.3, 0.4) is 0 Å². The summed E-state index contributed by atoms with van der Waals surface area (Å²) >= 11 is 0. The van der Waals surface area contributed by atoms with Crippen molar-refractivity contribution in [1.29, 1.82) is 0 Å². The molecule has 0 amide bonds. The van der Waals surface area contributed by atoms with Crippen LogP contribution in [0.4, 0.5) is 0 Å². The Morgan fingerprint density at radius 1 is 0.783 bits per heavy atom. The van der Waals surface area contributed by atoms with Crippen molar-refractivity contribution in [2.75, 3.05) is 0 Å². The van der Waals surface area contributed by atoms with E-state index in [1.54, 1.807) is 0 Å². The predicted octanol–water partition coefficient (Wildman–Crippen LogP) is 7.93. The van der Waals surface area contributed by atoms with Crippen molar-refractivity contribution >= 4 is 0 Å². The Morgan fingerprint density at radius 2 is 1.48 bits per heavy atom. The molecule has 0 nitrogen and oxygen atoms in total. The van der Waals surface area contributed by atoms with E-state index >= 15 is 0 Å². The van der Waals surface area contributed by atoms with Gasteiger partial charge in [-0.15, -0.1) is 0 Å². The molecule has 0 saturated heterocycles. The normalized spacial score (nSPS) is 32.4. The topological polar surface area (TPSA) is 0 Å². The van der Waals surface area contributed by atoms with Crippen LogP contribution >= 0.6 is 0 Å². The van der Waals surface area contributed by atoms with Crippen LogP contribution in [0.25, 0.3) is 0 Å². The highest BCUT2D eigenvalue weighted by Crippen LogP contribution is 2.36. The maximum atomic E-state index is 2.58. The van der Waals surface area contributed by atoms with E-state index in [0.29, 0.717) is 0 Å². The molecule has 0 radical (unpaired) electrons. The SMILES string of the molecule is CCCC=CC1CCCCC1CCCCC1CCC(CC)CC1. The smallest absolute Gasteiger partial charge is 0.0205 e. The third-order valence-electron chi connectivity index (χ3n) is 6.79. The zero-order valence-corrected chi connectivity index (χ0v) is 16.1. The average molecular weight is 319 g/mol. The highest BCUT2D eigenvalue weighted by molar-refractivity contribution is 4.93. The zero-order valence-electron chi connectivity index (χ0n) is 16.1. The second-order valence-electron chi connectivity index (χ2n) is 8.50. The van der Waals surface area contributed by atoms with E-state index in [1.165, 1.54) is 96.3 Å². The average Bonchev–Trinajstić information content (AvgIpc) is 2.60. The summed E-state index contributed by atoms with van der Waals surface area (Å²) < 4.78 is 0. The summed E-state index contributed by atoms with van der Waals surface area (Å²) in [6.45, 7) is 4.66. The minimum atomic E-state index is 0.912. The molecule has 0 bridgehead atoms. The zero-order chi connectivity index (χ0) is 16.3. The lowest BCUT2D eigenvalue weighted by Gasteiger charge is -2.30. The molecule has 2 unspecified atom stereocenters. The lowest BCUT2D eigenvalue weighted by Crippen LogP contribution is -2.18. The highest BCUT2D eigenvalue weighted by Gasteiger charge is 2.23. The fourth-order valence-corrected chi connectivity index (χ4v) is 5.05. The van der Waals surface area contributed by atoms with Gasteiger partial charge in [-0.05, 0) is 49.4 Å². The third-order valence-corrected chi connectivity index (χ3v) is 6.79. The van der Waals surface area contributed by atoms with Gasteiger partial charge in [0.05, 0.1) is 0 Å². The maximum Gasteiger partial charge on any atom is -0.0205 e. The fraction of sp³-hybridized carbons (Fsp3) is 0.913. The van der Waals surface area contributed by atoms with Gasteiger partial charge in [-0.2, -0.15) is 0 Å². The second-order valence-corrected chi connectivity index (χ2v) is 8.50. The maximum absolute atomic E-state index is 2.58. The van der Waals surface area contributed by atoms with E-state index < -0.39 is 0 Å². The fourth-order valence-electron chi connectivity index (χ4n) is 5.05. The standard InChI is InChI=1S/C23H42/c1-3-5-6-12-22-14-9-10-15-23(22)13-8-7-11-21-18-16-20(4-2)17-19-21/h6,12,20-23H,3-5,7-11,13-19H2,1-2H3. The van der Waals surface area contributed by atoms with Crippen LogP contribution in [0.5, 0.6) is 0 Å². The molecular weight excluding hydrogens is 276 g/mol. The van der Waals surface area contributed by atoms with Crippen molar-refractivity contribution in [2.24, 2.45) is 23.7 Å². The Hall–Kier alpha value is -0.260. The van der Waals surface area contributed by atoms with Crippen molar-refractivity contribution in [3.63, 3.8) is 0 Å². The molecule has 2 atom stereocenters. The molecule has 0 aliphatic heterocycles. The first kappa shape index (κ1) is 19.1. The van der Waals surface area contributed by atoms with Gasteiger partial charge in [0.15, 0.2) is 0 Å². The number of hydrogen-bond acceptors (Lipinski definition) is 0. The molecule has 134 valence electrons. The number of allylic oxidation sites excluding steroid dienone is 2. The predicted molar refractivity (Wildman–Crippen MR) is 104 cm³/mol. The van der Waals surface area contributed by atoms with E-state index in [-0.39, 0.29) is 0 Å². The molecule has 0 aromatic carbocycles. The van der Waals surface area contributed by atoms with Crippen LogP contribution in [-0.4, -0.2) is 0 Å². The summed E-state index contributed by atoms with van der Waals surface area (Å²) in [5.74, 6) is 4.05. The first-order valence-corrected chi connectivity index (χ1v) is 11.0. The monoisotopic (exact) mass is 318 g/mol. The van der Waals surface area contributed by atoms with Gasteiger partial charge >= 0.3 is 0 Å². The van der Waals surface area contributed by atoms with Gasteiger partial charge in [0.1, 0.15) is 0 Å². The minimum absolute atomic E-state index is 0.912. The largest absolute Gasteiger partial charge is 0.0883 e. The minimum Gasteiger partial charge on any atom is -0.0883 e. The highest BCUT2D eigenvalue weighted by atomic mass is 14.3. The summed E-state index contributed by atoms with van der Waals surface area (Å²) in [6.07, 6.45) is 27.1. The first-order chi connectivity index (χ1) is 11.3. The quantitative estimate of drug-likeness (QED) is 0.299. The van der Waals surface area contributed by atoms with Crippen molar-refractivity contribution in [2.45, 2.75) is 110 Å². The molecule has 0 aromatic heterocycles. The van der Waals surface area contributed by atoms with E-state index in [0.717, 1.165) is 23.7 Å². The third kappa shape index (κ3) is 7.02. The van der Waals surface area contributed by atoms with Gasteiger partial charge in [-0.3, -0.25) is 0 Å². The van der Waals surface area contributed by atoms with Gasteiger partial charge in [0.2, 0.25) is 0 Å². The molecule has 0 N–H and O–H groups in total. The van der Waals surface area contributed by atoms with Gasteiger partial charge in [0, 0.05) is 0 Å². The van der Waals surface area contributed by atoms with Crippen LogP contribution in [0.1, 0.15) is 110 Å².